The van der Waals surface area contributed by atoms with Gasteiger partial charge in [0.1, 0.15) is 11.5 Å². The number of ether oxygens (including phenoxy) is 1. The number of aromatic hydroxyl groups is 1. The van der Waals surface area contributed by atoms with Gasteiger partial charge >= 0.3 is 6.36 Å². The summed E-state index contributed by atoms with van der Waals surface area (Å²) in [6.07, 6.45) is -4.82. The molecule has 0 saturated carbocycles. The predicted octanol–water partition coefficient (Wildman–Crippen LogP) is 3.84. The van der Waals surface area contributed by atoms with Crippen LogP contribution in [0.25, 0.3) is 0 Å². The zero-order valence-corrected chi connectivity index (χ0v) is 14.3. The van der Waals surface area contributed by atoms with Crippen LogP contribution in [0, 0.1) is 0 Å². The quantitative estimate of drug-likeness (QED) is 0.856. The van der Waals surface area contributed by atoms with Crippen LogP contribution in [0.4, 0.5) is 13.2 Å². The van der Waals surface area contributed by atoms with Crippen LogP contribution in [-0.4, -0.2) is 21.2 Å². The molecule has 1 aromatic carbocycles. The zero-order chi connectivity index (χ0) is 16.5. The molecule has 0 unspecified atom stereocenters. The summed E-state index contributed by atoms with van der Waals surface area (Å²) >= 11 is 0. The van der Waals surface area contributed by atoms with Gasteiger partial charge in [-0.15, -0.1) is 13.2 Å². The van der Waals surface area contributed by atoms with Crippen molar-refractivity contribution in [2.24, 2.45) is 0 Å². The Bertz CT molecular complexity index is 493. The Labute approximate surface area is 125 Å². The molecule has 0 heterocycles. The molecule has 120 valence electrons. The minimum Gasteiger partial charge on any atom is -0.508 e. The van der Waals surface area contributed by atoms with E-state index in [0.717, 1.165) is 6.07 Å². The Balaban J connectivity index is 3.10. The number of phenolic OH excluding ortho intramolecular Hbond substituents is 1. The second-order valence-corrected chi connectivity index (χ2v) is 9.29. The number of benzene rings is 1. The number of rotatable bonds is 4. The lowest BCUT2D eigenvalue weighted by Gasteiger charge is -2.31. The van der Waals surface area contributed by atoms with Crippen LogP contribution in [0.5, 0.6) is 11.5 Å². The molecule has 0 spiro atoms. The molecule has 7 heteroatoms. The molecule has 21 heavy (non-hydrogen) atoms. The normalized spacial score (nSPS) is 13.9. The highest BCUT2D eigenvalue weighted by Gasteiger charge is 2.35. The van der Waals surface area contributed by atoms with Crippen LogP contribution in [0.2, 0.25) is 5.04 Å². The molecule has 0 aromatic heterocycles. The van der Waals surface area contributed by atoms with Crippen LogP contribution < -0.4 is 4.74 Å². The Morgan fingerprint density at radius 1 is 1.05 bits per heavy atom. The monoisotopic (exact) mass is 322 g/mol. The molecule has 0 radical (unpaired) electrons. The molecule has 0 aliphatic heterocycles. The first kappa shape index (κ1) is 17.8. The van der Waals surface area contributed by atoms with Crippen molar-refractivity contribution in [3.05, 3.63) is 23.8 Å². The minimum absolute atomic E-state index is 0.0131. The standard InChI is InChI=1S/C14H21F3O3Si/c1-12(2,3)21-20-13(4,5)10-7-6-9(18)8-11(10)19-14(15,16)17/h6-8,18H,21H2,1-5H3. The fourth-order valence-corrected chi connectivity index (χ4v) is 2.64. The van der Waals surface area contributed by atoms with Gasteiger partial charge in [0, 0.05) is 11.6 Å². The first-order chi connectivity index (χ1) is 9.30. The Kier molecular flexibility index (Phi) is 5.00. The number of halogens is 3. The SMILES string of the molecule is CC(C)(C)[SiH2]OC(C)(C)c1ccc(O)cc1OC(F)(F)F. The van der Waals surface area contributed by atoms with Crippen molar-refractivity contribution in [1.29, 1.82) is 0 Å². The summed E-state index contributed by atoms with van der Waals surface area (Å²) in [6, 6.07) is 3.67. The topological polar surface area (TPSA) is 38.7 Å². The molecular formula is C14H21F3O3Si. The number of phenols is 1. The molecule has 0 atom stereocenters. The molecular weight excluding hydrogens is 301 g/mol. The molecule has 1 N–H and O–H groups in total. The van der Waals surface area contributed by atoms with E-state index in [-0.39, 0.29) is 16.4 Å². The molecule has 0 saturated heterocycles. The zero-order valence-electron chi connectivity index (χ0n) is 12.8. The van der Waals surface area contributed by atoms with Crippen LogP contribution in [-0.2, 0) is 10.0 Å². The summed E-state index contributed by atoms with van der Waals surface area (Å²) in [5, 5.41) is 9.39. The van der Waals surface area contributed by atoms with Crippen molar-refractivity contribution in [3.63, 3.8) is 0 Å². The van der Waals surface area contributed by atoms with Gasteiger partial charge in [-0.3, -0.25) is 0 Å². The van der Waals surface area contributed by atoms with Gasteiger partial charge in [-0.2, -0.15) is 0 Å². The smallest absolute Gasteiger partial charge is 0.508 e. The van der Waals surface area contributed by atoms with E-state index in [2.05, 4.69) is 4.74 Å². The van der Waals surface area contributed by atoms with Gasteiger partial charge in [0.15, 0.2) is 9.76 Å². The van der Waals surface area contributed by atoms with Gasteiger partial charge in [0.2, 0.25) is 0 Å². The lowest BCUT2D eigenvalue weighted by Crippen LogP contribution is -2.29. The number of alkyl halides is 3. The summed E-state index contributed by atoms with van der Waals surface area (Å²) in [5.41, 5.74) is -0.664. The van der Waals surface area contributed by atoms with Crippen molar-refractivity contribution in [2.45, 2.75) is 51.6 Å². The third-order valence-electron chi connectivity index (χ3n) is 2.71. The van der Waals surface area contributed by atoms with E-state index in [1.165, 1.54) is 12.1 Å². The van der Waals surface area contributed by atoms with Gasteiger partial charge in [-0.05, 0) is 31.0 Å². The summed E-state index contributed by atoms with van der Waals surface area (Å²) < 4.78 is 47.3. The lowest BCUT2D eigenvalue weighted by atomic mass is 9.97. The summed E-state index contributed by atoms with van der Waals surface area (Å²) in [6.45, 7) is 9.47. The van der Waals surface area contributed by atoms with E-state index in [1.54, 1.807) is 13.8 Å². The fraction of sp³-hybridized carbons (Fsp3) is 0.571. The lowest BCUT2D eigenvalue weighted by molar-refractivity contribution is -0.275. The maximum Gasteiger partial charge on any atom is 0.573 e. The van der Waals surface area contributed by atoms with Crippen molar-refractivity contribution in [1.82, 2.24) is 0 Å². The van der Waals surface area contributed by atoms with Crippen molar-refractivity contribution in [2.75, 3.05) is 0 Å². The van der Waals surface area contributed by atoms with Gasteiger partial charge in [-0.25, -0.2) is 0 Å². The molecule has 0 fully saturated rings. The highest BCUT2D eigenvalue weighted by atomic mass is 28.2. The predicted molar refractivity (Wildman–Crippen MR) is 77.2 cm³/mol. The molecule has 3 nitrogen and oxygen atoms in total. The average Bonchev–Trinajstić information content (AvgIpc) is 2.23. The van der Waals surface area contributed by atoms with Crippen LogP contribution >= 0.6 is 0 Å². The van der Waals surface area contributed by atoms with Crippen LogP contribution in [0.15, 0.2) is 18.2 Å². The maximum absolute atomic E-state index is 12.5. The summed E-state index contributed by atoms with van der Waals surface area (Å²) in [5.74, 6) is -0.725. The van der Waals surface area contributed by atoms with Gasteiger partial charge < -0.3 is 14.3 Å². The molecule has 0 aliphatic rings. The molecule has 0 amide bonds. The summed E-state index contributed by atoms with van der Waals surface area (Å²) in [4.78, 5) is 0. The number of hydrogen-bond donors (Lipinski definition) is 1. The van der Waals surface area contributed by atoms with Crippen molar-refractivity contribution >= 4 is 9.76 Å². The van der Waals surface area contributed by atoms with E-state index < -0.39 is 27.5 Å². The largest absolute Gasteiger partial charge is 0.573 e. The van der Waals surface area contributed by atoms with E-state index in [9.17, 15) is 18.3 Å². The van der Waals surface area contributed by atoms with Crippen LogP contribution in [0.1, 0.15) is 40.2 Å². The van der Waals surface area contributed by atoms with Crippen molar-refractivity contribution in [3.8, 4) is 11.5 Å². The van der Waals surface area contributed by atoms with Gasteiger partial charge in [-0.1, -0.05) is 20.8 Å². The Morgan fingerprint density at radius 3 is 2.10 bits per heavy atom. The first-order valence-corrected chi connectivity index (χ1v) is 7.82. The molecule has 1 aromatic rings. The Hall–Kier alpha value is -1.21. The second-order valence-electron chi connectivity index (χ2n) is 6.59. The first-order valence-electron chi connectivity index (χ1n) is 6.53. The second kappa shape index (κ2) is 5.88. The highest BCUT2D eigenvalue weighted by molar-refractivity contribution is 6.31. The van der Waals surface area contributed by atoms with Gasteiger partial charge in [0.25, 0.3) is 0 Å². The molecule has 1 rings (SSSR count). The highest BCUT2D eigenvalue weighted by Crippen LogP contribution is 2.38. The molecule has 0 bridgehead atoms. The van der Waals surface area contributed by atoms with E-state index in [0.29, 0.717) is 0 Å². The van der Waals surface area contributed by atoms with E-state index in [4.69, 9.17) is 4.43 Å². The van der Waals surface area contributed by atoms with E-state index >= 15 is 0 Å². The maximum atomic E-state index is 12.5. The third-order valence-corrected chi connectivity index (χ3v) is 4.44. The number of hydrogen-bond acceptors (Lipinski definition) is 3. The average molecular weight is 322 g/mol. The minimum atomic E-state index is -4.82. The van der Waals surface area contributed by atoms with Gasteiger partial charge in [0.05, 0.1) is 5.60 Å². The van der Waals surface area contributed by atoms with Crippen LogP contribution in [0.3, 0.4) is 0 Å². The fourth-order valence-electron chi connectivity index (χ4n) is 1.69. The summed E-state index contributed by atoms with van der Waals surface area (Å²) in [7, 11) is -0.965. The Morgan fingerprint density at radius 2 is 1.62 bits per heavy atom. The molecule has 0 aliphatic carbocycles. The third kappa shape index (κ3) is 5.97. The van der Waals surface area contributed by atoms with E-state index in [1.807, 2.05) is 20.8 Å². The van der Waals surface area contributed by atoms with Crippen molar-refractivity contribution < 1.29 is 27.4 Å².